The molecule has 446 valence electrons. The van der Waals surface area contributed by atoms with Crippen molar-refractivity contribution in [3.05, 3.63) is 46.0 Å². The Labute approximate surface area is 452 Å². The van der Waals surface area contributed by atoms with Crippen molar-refractivity contribution >= 4 is 82.5 Å². The number of ether oxygens (including phenoxy) is 6. The molecule has 3 fully saturated rings. The molecule has 14 N–H and O–H groups in total. The van der Waals surface area contributed by atoms with Gasteiger partial charge in [0.25, 0.3) is 24.9 Å². The Morgan fingerprint density at radius 1 is 0.716 bits per heavy atom. The number of anilines is 3. The number of phosphoric acid groups is 4. The van der Waals surface area contributed by atoms with Crippen LogP contribution in [0, 0.1) is 5.92 Å². The molecule has 3 aliphatic rings. The largest absolute Gasteiger partial charge is 0.756 e. The number of aliphatic hydroxyl groups excluding tert-OH is 3. The van der Waals surface area contributed by atoms with E-state index in [9.17, 15) is 62.7 Å². The maximum Gasteiger partial charge on any atom is 0.490 e. The summed E-state index contributed by atoms with van der Waals surface area (Å²) in [6.45, 7) is -2.93. The van der Waals surface area contributed by atoms with Gasteiger partial charge in [0.2, 0.25) is 17.7 Å². The summed E-state index contributed by atoms with van der Waals surface area (Å²) < 4.78 is 121. The summed E-state index contributed by atoms with van der Waals surface area (Å²) >= 11 is 0. The monoisotopic (exact) mass is 1230 g/mol. The number of aryl methyl sites for hydroxylation is 1. The van der Waals surface area contributed by atoms with Gasteiger partial charge < -0.3 is 89.6 Å². The van der Waals surface area contributed by atoms with Gasteiger partial charge in [0.05, 0.1) is 58.8 Å². The third kappa shape index (κ3) is 13.0. The van der Waals surface area contributed by atoms with Crippen molar-refractivity contribution in [3.8, 4) is 0 Å². The highest BCUT2D eigenvalue weighted by Crippen LogP contribution is 2.68. The Balaban J connectivity index is 0.871. The quantitative estimate of drug-likeness (QED) is 0.0148. The van der Waals surface area contributed by atoms with E-state index >= 15 is 0 Å². The third-order valence-corrected chi connectivity index (χ3v) is 18.0. The van der Waals surface area contributed by atoms with Gasteiger partial charge in [0.15, 0.2) is 41.4 Å². The van der Waals surface area contributed by atoms with Crippen molar-refractivity contribution in [3.63, 3.8) is 0 Å². The molecule has 9 rings (SSSR count). The van der Waals surface area contributed by atoms with Crippen LogP contribution in [0.2, 0.25) is 0 Å². The van der Waals surface area contributed by atoms with E-state index < -0.39 is 136 Å². The molecule has 44 heteroatoms. The molecule has 0 aliphatic carbocycles. The molecule has 0 aromatic carbocycles. The highest BCUT2D eigenvalue weighted by Gasteiger charge is 2.53. The molecular formula is C37H53N15O25P4. The van der Waals surface area contributed by atoms with Crippen molar-refractivity contribution in [2.45, 2.75) is 73.9 Å². The number of fused-ring (bicyclic) bond motifs is 3. The lowest BCUT2D eigenvalue weighted by Gasteiger charge is -2.31. The summed E-state index contributed by atoms with van der Waals surface area (Å²) in [7, 11) is -19.7. The smallest absolute Gasteiger partial charge is 0.490 e. The molecule has 0 saturated carbocycles. The van der Waals surface area contributed by atoms with Crippen LogP contribution in [0.4, 0.5) is 17.7 Å². The first-order chi connectivity index (χ1) is 38.2. The summed E-state index contributed by atoms with van der Waals surface area (Å²) in [5.41, 5.74) is 15.7. The number of rotatable bonds is 25. The van der Waals surface area contributed by atoms with Crippen LogP contribution in [0.3, 0.4) is 0 Å². The van der Waals surface area contributed by atoms with E-state index in [0.717, 1.165) is 30.7 Å². The van der Waals surface area contributed by atoms with Gasteiger partial charge in [-0.1, -0.05) is 4.98 Å². The van der Waals surface area contributed by atoms with Crippen molar-refractivity contribution in [1.82, 2.24) is 53.6 Å². The highest BCUT2D eigenvalue weighted by atomic mass is 31.3. The van der Waals surface area contributed by atoms with Crippen molar-refractivity contribution in [2.75, 3.05) is 71.1 Å². The zero-order valence-electron chi connectivity index (χ0n) is 42.1. The summed E-state index contributed by atoms with van der Waals surface area (Å²) in [6.07, 6.45) is -13.2. The number of aliphatic hydroxyl groups is 3. The second kappa shape index (κ2) is 23.8. The van der Waals surface area contributed by atoms with E-state index in [2.05, 4.69) is 48.5 Å². The van der Waals surface area contributed by atoms with Crippen LogP contribution in [0.15, 0.2) is 34.9 Å². The SMILES string of the molecule is COCCOCC[C@H]1[C@@H](O)[C@H]([n+]2cn(C)c3c(=O)[nH]c(N)nc32)O[C@@H]1COP(=O)(O)OP(=O)(O)OP(=O)(O)OCC1O[C@@H](n2cnc3c(N)ncnc32)[C@H](OC)[C@@H]1OP(=O)([O-])OC[C@H]1O[C@@H](n2cnc3c(=O)[nH]c(N)nc32)[C@H](O)[C@@H]1O. The Hall–Kier alpha value is -5.19. The number of methoxy groups -OCH3 is 2. The van der Waals surface area contributed by atoms with Crippen molar-refractivity contribution < 1.29 is 113 Å². The molecule has 6 aromatic heterocycles. The lowest BCUT2D eigenvalue weighted by Crippen LogP contribution is -2.45. The topological polar surface area (TPSA) is 563 Å². The highest BCUT2D eigenvalue weighted by molar-refractivity contribution is 7.66. The summed E-state index contributed by atoms with van der Waals surface area (Å²) in [5.74, 6) is -1.66. The van der Waals surface area contributed by atoms with Gasteiger partial charge in [-0.25, -0.2) is 38.2 Å². The number of nitrogens with zero attached hydrogens (tertiary/aromatic N) is 10. The van der Waals surface area contributed by atoms with E-state index in [1.165, 1.54) is 34.2 Å². The van der Waals surface area contributed by atoms with Gasteiger partial charge in [-0.05, 0) is 6.42 Å². The number of phosphoric ester groups is 3. The van der Waals surface area contributed by atoms with Gasteiger partial charge >= 0.3 is 29.1 Å². The molecule has 0 spiro atoms. The maximum atomic E-state index is 13.6. The zero-order chi connectivity index (χ0) is 58.5. The minimum atomic E-state index is -6.21. The normalized spacial score (nSPS) is 29.1. The van der Waals surface area contributed by atoms with E-state index in [1.807, 2.05) is 0 Å². The summed E-state index contributed by atoms with van der Waals surface area (Å²) in [5, 5.41) is 33.3. The molecular weight excluding hydrogens is 1180 g/mol. The van der Waals surface area contributed by atoms with Crippen LogP contribution in [0.25, 0.3) is 33.5 Å². The number of imidazole rings is 3. The van der Waals surface area contributed by atoms with Gasteiger partial charge in [-0.3, -0.25) is 46.9 Å². The molecule has 5 unspecified atom stereocenters. The van der Waals surface area contributed by atoms with Crippen molar-refractivity contribution in [1.29, 1.82) is 0 Å². The Morgan fingerprint density at radius 3 is 2.04 bits per heavy atom. The lowest BCUT2D eigenvalue weighted by molar-refractivity contribution is -0.745. The lowest BCUT2D eigenvalue weighted by atomic mass is 9.95. The molecule has 3 aliphatic heterocycles. The predicted molar refractivity (Wildman–Crippen MR) is 262 cm³/mol. The average Bonchev–Trinajstić information content (AvgIpc) is 4.33. The maximum absolute atomic E-state index is 13.6. The number of aromatic nitrogens is 12. The Bertz CT molecular complexity index is 3590. The van der Waals surface area contributed by atoms with Crippen LogP contribution in [0.1, 0.15) is 25.1 Å². The number of nitrogen functional groups attached to an aromatic ring is 3. The molecule has 6 aromatic rings. The first-order valence-electron chi connectivity index (χ1n) is 23.6. The second-order valence-electron chi connectivity index (χ2n) is 18.0. The Kier molecular flexibility index (Phi) is 17.8. The minimum Gasteiger partial charge on any atom is -0.756 e. The minimum absolute atomic E-state index is 0.00219. The second-order valence-corrected chi connectivity index (χ2v) is 24.0. The van der Waals surface area contributed by atoms with Crippen molar-refractivity contribution in [2.24, 2.45) is 13.0 Å². The van der Waals surface area contributed by atoms with E-state index in [4.69, 9.17) is 63.7 Å². The molecule has 0 bridgehead atoms. The van der Waals surface area contributed by atoms with Gasteiger partial charge in [-0.2, -0.15) is 13.6 Å². The van der Waals surface area contributed by atoms with Crippen LogP contribution in [-0.4, -0.2) is 186 Å². The number of aromatic amines is 2. The molecule has 3 saturated heterocycles. The van der Waals surface area contributed by atoms with E-state index in [0.29, 0.717) is 0 Å². The van der Waals surface area contributed by atoms with E-state index in [1.54, 1.807) is 0 Å². The van der Waals surface area contributed by atoms with Crippen LogP contribution >= 0.6 is 31.3 Å². The van der Waals surface area contributed by atoms with Crippen LogP contribution < -0.4 is 37.8 Å². The Morgan fingerprint density at radius 2 is 1.35 bits per heavy atom. The molecule has 0 radical (unpaired) electrons. The molecule has 9 heterocycles. The standard InChI is InChI=1S/C37H53N15O25P4/c1-49-14-52(30-21(49)32(57)48-37(40)46-30)33-22(53)15(4-5-68-7-6-66-2)16(72-33)8-70-79(60,61)76-81(64,65)77-80(62,63)71-10-18-25(26(67-3)35(74-18)50-12-43-19-27(38)41-11-42-28(19)50)75-78(58,59)69-9-17-23(54)24(55)34(73-17)51-13-44-20-29(51)45-36(39)47-31(20)56/h11-18,22-26,33-35,53-55H,4-10H2,1-3H3,(H11-,38,39,40,41,42,45,46,47,48,56,57,58,59,60,61,62,63,64,65)/t15-,16-,17-,18?,22-,23-,24-,25-,26-,33-,34-,35-/m1/s1. The summed E-state index contributed by atoms with van der Waals surface area (Å²) in [6, 6.07) is 0. The first kappa shape index (κ1) is 60.4. The molecule has 0 amide bonds. The predicted octanol–water partition coefficient (Wildman–Crippen LogP) is -4.03. The fraction of sp³-hybridized carbons (Fsp3) is 0.595. The van der Waals surface area contributed by atoms with Crippen LogP contribution in [-0.2, 0) is 80.4 Å². The zero-order valence-corrected chi connectivity index (χ0v) is 45.7. The summed E-state index contributed by atoms with van der Waals surface area (Å²) in [4.78, 5) is 99.4. The van der Waals surface area contributed by atoms with E-state index in [-0.39, 0.29) is 77.4 Å². The first-order valence-corrected chi connectivity index (χ1v) is 29.5. The fourth-order valence-electron chi connectivity index (χ4n) is 9.19. The number of nitrogens with two attached hydrogens (primary N) is 3. The molecule has 81 heavy (non-hydrogen) atoms. The number of H-pyrrole nitrogens is 2. The van der Waals surface area contributed by atoms with Gasteiger partial charge in [0.1, 0.15) is 54.6 Å². The molecule has 16 atom stereocenters. The van der Waals surface area contributed by atoms with Crippen LogP contribution in [0.5, 0.6) is 0 Å². The average molecular weight is 1230 g/mol. The number of hydrogen-bond acceptors (Lipinski definition) is 31. The number of nitrogens with one attached hydrogen (secondary N) is 2. The third-order valence-electron chi connectivity index (χ3n) is 12.8. The number of hydrogen-bond donors (Lipinski definition) is 11. The molecule has 40 nitrogen and oxygen atoms in total. The fourth-order valence-corrected chi connectivity index (χ4v) is 13.7. The van der Waals surface area contributed by atoms with Gasteiger partial charge in [0, 0.05) is 26.7 Å². The van der Waals surface area contributed by atoms with Gasteiger partial charge in [-0.15, -0.1) is 0 Å².